The number of hydrogen-bond acceptors (Lipinski definition) is 2. The van der Waals surface area contributed by atoms with Gasteiger partial charge in [-0.05, 0) is 84.5 Å². The minimum atomic E-state index is -0.317. The van der Waals surface area contributed by atoms with Gasteiger partial charge in [0.2, 0.25) is 0 Å². The van der Waals surface area contributed by atoms with Gasteiger partial charge in [-0.15, -0.1) is 18.0 Å². The maximum absolute atomic E-state index is 10.7. The largest absolute Gasteiger partial charge is 0.508 e. The van der Waals surface area contributed by atoms with Crippen LogP contribution in [0.3, 0.4) is 0 Å². The molecule has 0 aromatic heterocycles. The number of phenolic OH excluding ortho intramolecular Hbond substituents is 1. The molecule has 0 spiro atoms. The SMILES string of the molecule is C#CC(Cl)C1C[C@]2(C)[C@@H](O)CC[C@H]2[C@@H]2CCc3cc(O)ccc3[C@@H]12. The lowest BCUT2D eigenvalue weighted by Gasteiger charge is -2.54. The zero-order chi connectivity index (χ0) is 17.1. The number of benzene rings is 1. The Kier molecular flexibility index (Phi) is 3.86. The van der Waals surface area contributed by atoms with E-state index in [9.17, 15) is 10.2 Å². The fourth-order valence-electron chi connectivity index (χ4n) is 6.14. The van der Waals surface area contributed by atoms with Crippen LogP contribution in [0.4, 0.5) is 0 Å². The Labute approximate surface area is 149 Å². The Morgan fingerprint density at radius 2 is 2.12 bits per heavy atom. The molecule has 0 bridgehead atoms. The van der Waals surface area contributed by atoms with Crippen molar-refractivity contribution < 1.29 is 10.2 Å². The first-order chi connectivity index (χ1) is 11.5. The fourth-order valence-corrected chi connectivity index (χ4v) is 6.39. The van der Waals surface area contributed by atoms with Crippen LogP contribution in [-0.4, -0.2) is 21.7 Å². The summed E-state index contributed by atoms with van der Waals surface area (Å²) >= 11 is 6.59. The summed E-state index contributed by atoms with van der Waals surface area (Å²) in [5, 5.41) is 20.2. The van der Waals surface area contributed by atoms with E-state index in [1.54, 1.807) is 6.07 Å². The van der Waals surface area contributed by atoms with Gasteiger partial charge in [-0.25, -0.2) is 0 Å². The minimum Gasteiger partial charge on any atom is -0.508 e. The average Bonchev–Trinajstić information content (AvgIpc) is 2.88. The van der Waals surface area contributed by atoms with Crippen molar-refractivity contribution in [2.75, 3.05) is 0 Å². The van der Waals surface area contributed by atoms with Crippen molar-refractivity contribution in [2.24, 2.45) is 23.2 Å². The van der Waals surface area contributed by atoms with Gasteiger partial charge in [0, 0.05) is 0 Å². The number of aliphatic hydroxyl groups excluding tert-OH is 1. The number of phenols is 1. The van der Waals surface area contributed by atoms with Crippen molar-refractivity contribution in [3.05, 3.63) is 29.3 Å². The number of rotatable bonds is 1. The quantitative estimate of drug-likeness (QED) is 0.595. The summed E-state index contributed by atoms with van der Waals surface area (Å²) < 4.78 is 0. The number of fused-ring (bicyclic) bond motifs is 5. The van der Waals surface area contributed by atoms with Crippen molar-refractivity contribution in [3.63, 3.8) is 0 Å². The molecule has 7 atom stereocenters. The third-order valence-corrected chi connectivity index (χ3v) is 7.69. The van der Waals surface area contributed by atoms with E-state index in [0.29, 0.717) is 23.5 Å². The highest BCUT2D eigenvalue weighted by molar-refractivity contribution is 6.22. The molecule has 0 heterocycles. The number of terminal acetylenes is 1. The predicted molar refractivity (Wildman–Crippen MR) is 96.1 cm³/mol. The van der Waals surface area contributed by atoms with Crippen LogP contribution in [-0.2, 0) is 6.42 Å². The van der Waals surface area contributed by atoms with E-state index in [4.69, 9.17) is 18.0 Å². The van der Waals surface area contributed by atoms with Gasteiger partial charge >= 0.3 is 0 Å². The first-order valence-corrected chi connectivity index (χ1v) is 9.49. The smallest absolute Gasteiger partial charge is 0.115 e. The van der Waals surface area contributed by atoms with E-state index in [-0.39, 0.29) is 22.8 Å². The van der Waals surface area contributed by atoms with Gasteiger partial charge in [0.05, 0.1) is 11.5 Å². The molecule has 2 saturated carbocycles. The van der Waals surface area contributed by atoms with Crippen LogP contribution in [0.25, 0.3) is 0 Å². The molecule has 24 heavy (non-hydrogen) atoms. The highest BCUT2D eigenvalue weighted by Crippen LogP contribution is 2.63. The van der Waals surface area contributed by atoms with Gasteiger partial charge in [-0.1, -0.05) is 18.9 Å². The summed E-state index contributed by atoms with van der Waals surface area (Å²) in [4.78, 5) is 0. The Hall–Kier alpha value is -1.17. The number of alkyl halides is 1. The van der Waals surface area contributed by atoms with E-state index >= 15 is 0 Å². The standard InChI is InChI=1S/C21H25ClO2/c1-3-18(22)16-11-21(2)17(8-9-19(21)24)15-6-4-12-10-13(23)5-7-14(12)20(15)16/h1,5,7,10,15-20,23-24H,4,6,8-9,11H2,2H3/t15-,16?,17-,18?,19-,20+,21-/m0/s1. The molecular weight excluding hydrogens is 320 g/mol. The van der Waals surface area contributed by atoms with Gasteiger partial charge in [0.15, 0.2) is 0 Å². The lowest BCUT2D eigenvalue weighted by Crippen LogP contribution is -2.49. The molecular formula is C21H25ClO2. The number of halogens is 1. The highest BCUT2D eigenvalue weighted by atomic mass is 35.5. The van der Waals surface area contributed by atoms with Crippen LogP contribution in [0, 0.1) is 35.5 Å². The zero-order valence-electron chi connectivity index (χ0n) is 14.1. The summed E-state index contributed by atoms with van der Waals surface area (Å²) in [5.74, 6) is 4.68. The van der Waals surface area contributed by atoms with E-state index in [0.717, 1.165) is 32.1 Å². The van der Waals surface area contributed by atoms with E-state index in [1.165, 1.54) is 11.1 Å². The van der Waals surface area contributed by atoms with Crippen molar-refractivity contribution in [2.45, 2.75) is 56.4 Å². The molecule has 0 aliphatic heterocycles. The molecule has 1 aromatic rings. The van der Waals surface area contributed by atoms with E-state index in [1.807, 2.05) is 6.07 Å². The number of aromatic hydroxyl groups is 1. The molecule has 3 aliphatic carbocycles. The lowest BCUT2D eigenvalue weighted by atomic mass is 9.51. The van der Waals surface area contributed by atoms with Gasteiger partial charge in [-0.2, -0.15) is 0 Å². The molecule has 3 heteroatoms. The molecule has 3 aliphatic rings. The van der Waals surface area contributed by atoms with Crippen molar-refractivity contribution >= 4 is 11.6 Å². The second kappa shape index (κ2) is 5.68. The molecule has 4 rings (SSSR count). The summed E-state index contributed by atoms with van der Waals surface area (Å²) in [7, 11) is 0. The van der Waals surface area contributed by atoms with Crippen LogP contribution >= 0.6 is 11.6 Å². The normalized spacial score (nSPS) is 41.7. The molecule has 2 fully saturated rings. The first-order valence-electron chi connectivity index (χ1n) is 9.05. The second-order valence-electron chi connectivity index (χ2n) is 8.25. The van der Waals surface area contributed by atoms with Crippen molar-refractivity contribution in [1.29, 1.82) is 0 Å². The van der Waals surface area contributed by atoms with Crippen LogP contribution in [0.15, 0.2) is 18.2 Å². The van der Waals surface area contributed by atoms with E-state index in [2.05, 4.69) is 18.9 Å². The Balaban J connectivity index is 1.82. The predicted octanol–water partition coefficient (Wildman–Crippen LogP) is 4.08. The third-order valence-electron chi connectivity index (χ3n) is 7.24. The van der Waals surface area contributed by atoms with Crippen LogP contribution in [0.5, 0.6) is 5.75 Å². The molecule has 2 unspecified atom stereocenters. The summed E-state index contributed by atoms with van der Waals surface area (Å²) in [5.41, 5.74) is 2.49. The molecule has 0 saturated heterocycles. The molecule has 0 amide bonds. The molecule has 0 radical (unpaired) electrons. The molecule has 128 valence electrons. The summed E-state index contributed by atoms with van der Waals surface area (Å²) in [6.07, 6.45) is 10.4. The monoisotopic (exact) mass is 344 g/mol. The van der Waals surface area contributed by atoms with Crippen LogP contribution in [0.1, 0.15) is 49.7 Å². The van der Waals surface area contributed by atoms with Crippen molar-refractivity contribution in [1.82, 2.24) is 0 Å². The Morgan fingerprint density at radius 3 is 2.88 bits per heavy atom. The van der Waals surface area contributed by atoms with Gasteiger partial charge in [-0.3, -0.25) is 0 Å². The highest BCUT2D eigenvalue weighted by Gasteiger charge is 2.58. The molecule has 2 N–H and O–H groups in total. The summed E-state index contributed by atoms with van der Waals surface area (Å²) in [6.45, 7) is 2.24. The zero-order valence-corrected chi connectivity index (χ0v) is 14.8. The fraction of sp³-hybridized carbons (Fsp3) is 0.619. The summed E-state index contributed by atoms with van der Waals surface area (Å²) in [6, 6.07) is 5.76. The first kappa shape index (κ1) is 16.3. The van der Waals surface area contributed by atoms with Gasteiger partial charge in [0.25, 0.3) is 0 Å². The number of hydrogen-bond donors (Lipinski definition) is 2. The molecule has 2 nitrogen and oxygen atoms in total. The topological polar surface area (TPSA) is 40.5 Å². The Bertz CT molecular complexity index is 694. The van der Waals surface area contributed by atoms with Gasteiger partial charge in [0.1, 0.15) is 5.75 Å². The second-order valence-corrected chi connectivity index (χ2v) is 8.72. The van der Waals surface area contributed by atoms with Crippen molar-refractivity contribution in [3.8, 4) is 18.1 Å². The van der Waals surface area contributed by atoms with E-state index < -0.39 is 0 Å². The maximum Gasteiger partial charge on any atom is 0.115 e. The minimum absolute atomic E-state index is 0.0652. The lowest BCUT2D eigenvalue weighted by molar-refractivity contribution is -0.0462. The van der Waals surface area contributed by atoms with Crippen LogP contribution < -0.4 is 0 Å². The maximum atomic E-state index is 10.7. The average molecular weight is 345 g/mol. The third kappa shape index (κ3) is 2.21. The van der Waals surface area contributed by atoms with Gasteiger partial charge < -0.3 is 10.2 Å². The Morgan fingerprint density at radius 1 is 1.33 bits per heavy atom. The molecule has 1 aromatic carbocycles. The number of aliphatic hydroxyl groups is 1. The van der Waals surface area contributed by atoms with Crippen LogP contribution in [0.2, 0.25) is 0 Å². The number of aryl methyl sites for hydroxylation is 1.